The number of hydrogen-bond acceptors (Lipinski definition) is 3. The largest absolute Gasteiger partial charge is 0.397 e. The van der Waals surface area contributed by atoms with Crippen LogP contribution in [0.1, 0.15) is 11.3 Å². The molecule has 0 amide bonds. The van der Waals surface area contributed by atoms with Gasteiger partial charge in [0.2, 0.25) is 0 Å². The van der Waals surface area contributed by atoms with Gasteiger partial charge in [-0.25, -0.2) is 0 Å². The zero-order valence-corrected chi connectivity index (χ0v) is 9.75. The Kier molecular flexibility index (Phi) is 3.83. The van der Waals surface area contributed by atoms with Gasteiger partial charge in [0.25, 0.3) is 0 Å². The van der Waals surface area contributed by atoms with Gasteiger partial charge in [0.05, 0.1) is 10.2 Å². The highest BCUT2D eigenvalue weighted by molar-refractivity contribution is 9.12. The minimum Gasteiger partial charge on any atom is -0.397 e. The Morgan fingerprint density at radius 1 is 1.57 bits per heavy atom. The smallest absolute Gasteiger partial charge is 0.0589 e. The molecule has 1 aromatic rings. The summed E-state index contributed by atoms with van der Waals surface area (Å²) in [4.78, 5) is 8.03. The van der Waals surface area contributed by atoms with E-state index in [1.807, 2.05) is 19.1 Å². The van der Waals surface area contributed by atoms with Crippen molar-refractivity contribution in [2.75, 3.05) is 7.05 Å². The fourth-order valence-electron chi connectivity index (χ4n) is 0.948. The summed E-state index contributed by atoms with van der Waals surface area (Å²) in [6.45, 7) is 1.94. The molecule has 0 atom stereocenters. The molecule has 0 bridgehead atoms. The molecule has 0 unspecified atom stereocenters. The van der Waals surface area contributed by atoms with E-state index in [0.717, 1.165) is 15.7 Å². The first kappa shape index (κ1) is 10.9. The second kappa shape index (κ2) is 4.91. The molecule has 0 radical (unpaired) electrons. The molecule has 0 fully saturated rings. The number of halogens is 1. The normalized spacial score (nSPS) is 13.1. The molecule has 0 aromatic carbocycles. The third kappa shape index (κ3) is 2.67. The Balaban J connectivity index is 3.05. The Labute approximate surface area is 91.9 Å². The van der Waals surface area contributed by atoms with Crippen molar-refractivity contribution in [1.29, 1.82) is 0 Å². The predicted octanol–water partition coefficient (Wildman–Crippen LogP) is 2.11. The molecule has 0 saturated heterocycles. The molecule has 2 N–H and O–H groups in total. The molecule has 1 rings (SSSR count). The molecule has 3 nitrogen and oxygen atoms in total. The minimum absolute atomic E-state index is 0.642. The first-order chi connectivity index (χ1) is 6.65. The SMILES string of the molecule is CN=CC(Br)=C(N)c1ccc(C)nc1. The second-order valence-corrected chi connectivity index (χ2v) is 3.69. The Hall–Kier alpha value is -1.16. The van der Waals surface area contributed by atoms with Gasteiger partial charge in [-0.3, -0.25) is 9.98 Å². The molecule has 0 aliphatic heterocycles. The number of aromatic nitrogens is 1. The number of nitrogens with zero attached hydrogens (tertiary/aromatic N) is 2. The second-order valence-electron chi connectivity index (χ2n) is 2.84. The number of aliphatic imine (C=N–C) groups is 1. The van der Waals surface area contributed by atoms with Crippen LogP contribution in [0.5, 0.6) is 0 Å². The van der Waals surface area contributed by atoms with Gasteiger partial charge >= 0.3 is 0 Å². The average molecular weight is 254 g/mol. The summed E-state index contributed by atoms with van der Waals surface area (Å²) in [5.74, 6) is 0. The van der Waals surface area contributed by atoms with Crippen LogP contribution in [0.4, 0.5) is 0 Å². The molecule has 1 aromatic heterocycles. The third-order valence-corrected chi connectivity index (χ3v) is 2.35. The topological polar surface area (TPSA) is 51.3 Å². The van der Waals surface area contributed by atoms with E-state index in [1.165, 1.54) is 0 Å². The molecule has 0 saturated carbocycles. The lowest BCUT2D eigenvalue weighted by Crippen LogP contribution is -2.00. The van der Waals surface area contributed by atoms with Crippen molar-refractivity contribution in [1.82, 2.24) is 4.98 Å². The van der Waals surface area contributed by atoms with E-state index < -0.39 is 0 Å². The van der Waals surface area contributed by atoms with Crippen molar-refractivity contribution in [3.05, 3.63) is 34.1 Å². The van der Waals surface area contributed by atoms with Crippen LogP contribution in [0, 0.1) is 6.92 Å². The monoisotopic (exact) mass is 253 g/mol. The van der Waals surface area contributed by atoms with Gasteiger partial charge in [0, 0.05) is 30.7 Å². The van der Waals surface area contributed by atoms with Gasteiger partial charge in [-0.05, 0) is 35.0 Å². The summed E-state index contributed by atoms with van der Waals surface area (Å²) in [5.41, 5.74) is 8.38. The van der Waals surface area contributed by atoms with Gasteiger partial charge in [0.1, 0.15) is 0 Å². The number of hydrogen-bond donors (Lipinski definition) is 1. The van der Waals surface area contributed by atoms with Gasteiger partial charge < -0.3 is 5.73 Å². The number of rotatable bonds is 2. The Morgan fingerprint density at radius 2 is 2.29 bits per heavy atom. The van der Waals surface area contributed by atoms with Gasteiger partial charge in [-0.2, -0.15) is 0 Å². The molecule has 1 heterocycles. The van der Waals surface area contributed by atoms with Gasteiger partial charge in [-0.15, -0.1) is 0 Å². The highest BCUT2D eigenvalue weighted by atomic mass is 79.9. The lowest BCUT2D eigenvalue weighted by molar-refractivity contribution is 1.19. The summed E-state index contributed by atoms with van der Waals surface area (Å²) >= 11 is 3.34. The van der Waals surface area contributed by atoms with Gasteiger partial charge in [0.15, 0.2) is 0 Å². The molecular weight excluding hydrogens is 242 g/mol. The number of aryl methyl sites for hydroxylation is 1. The zero-order valence-electron chi connectivity index (χ0n) is 8.16. The standard InChI is InChI=1S/C10H12BrN3/c1-7-3-4-8(5-14-7)10(12)9(11)6-13-2/h3-6H,12H2,1-2H3. The quantitative estimate of drug-likeness (QED) is 0.822. The van der Waals surface area contributed by atoms with Crippen LogP contribution in [0.15, 0.2) is 27.8 Å². The van der Waals surface area contributed by atoms with Crippen molar-refractivity contribution >= 4 is 27.8 Å². The van der Waals surface area contributed by atoms with Crippen LogP contribution in [-0.4, -0.2) is 18.2 Å². The third-order valence-electron chi connectivity index (χ3n) is 1.72. The fraction of sp³-hybridized carbons (Fsp3) is 0.200. The van der Waals surface area contributed by atoms with Crippen molar-refractivity contribution in [3.8, 4) is 0 Å². The maximum absolute atomic E-state index is 5.88. The van der Waals surface area contributed by atoms with Crippen molar-refractivity contribution in [3.63, 3.8) is 0 Å². The van der Waals surface area contributed by atoms with E-state index in [1.54, 1.807) is 19.5 Å². The van der Waals surface area contributed by atoms with Crippen LogP contribution >= 0.6 is 15.9 Å². The van der Waals surface area contributed by atoms with Crippen molar-refractivity contribution in [2.45, 2.75) is 6.92 Å². The van der Waals surface area contributed by atoms with Gasteiger partial charge in [-0.1, -0.05) is 0 Å². The number of pyridine rings is 1. The van der Waals surface area contributed by atoms with Crippen LogP contribution < -0.4 is 5.73 Å². The van der Waals surface area contributed by atoms with E-state index in [-0.39, 0.29) is 0 Å². The van der Waals surface area contributed by atoms with E-state index in [9.17, 15) is 0 Å². The maximum atomic E-state index is 5.88. The summed E-state index contributed by atoms with van der Waals surface area (Å²) in [5, 5.41) is 0. The van der Waals surface area contributed by atoms with Crippen molar-refractivity contribution < 1.29 is 0 Å². The first-order valence-electron chi connectivity index (χ1n) is 4.15. The molecule has 0 aliphatic rings. The number of allylic oxidation sites excluding steroid dienone is 1. The summed E-state index contributed by atoms with van der Waals surface area (Å²) < 4.78 is 0.769. The van der Waals surface area contributed by atoms with E-state index in [4.69, 9.17) is 5.73 Å². The molecule has 74 valence electrons. The summed E-state index contributed by atoms with van der Waals surface area (Å²) in [6.07, 6.45) is 3.41. The lowest BCUT2D eigenvalue weighted by atomic mass is 10.2. The predicted molar refractivity (Wildman–Crippen MR) is 63.4 cm³/mol. The van der Waals surface area contributed by atoms with E-state index >= 15 is 0 Å². The molecule has 14 heavy (non-hydrogen) atoms. The maximum Gasteiger partial charge on any atom is 0.0589 e. The van der Waals surface area contributed by atoms with Crippen LogP contribution in [0.3, 0.4) is 0 Å². The molecule has 4 heteroatoms. The highest BCUT2D eigenvalue weighted by Gasteiger charge is 2.00. The zero-order chi connectivity index (χ0) is 10.6. The van der Waals surface area contributed by atoms with Crippen molar-refractivity contribution in [2.24, 2.45) is 10.7 Å². The molecular formula is C10H12BrN3. The molecule has 0 spiro atoms. The summed E-state index contributed by atoms with van der Waals surface area (Å²) in [7, 11) is 1.70. The van der Waals surface area contributed by atoms with Crippen LogP contribution in [0.25, 0.3) is 5.70 Å². The molecule has 0 aliphatic carbocycles. The average Bonchev–Trinajstić information content (AvgIpc) is 2.18. The first-order valence-corrected chi connectivity index (χ1v) is 4.95. The Morgan fingerprint density at radius 3 is 2.79 bits per heavy atom. The lowest BCUT2D eigenvalue weighted by Gasteiger charge is -2.02. The van der Waals surface area contributed by atoms with E-state index in [0.29, 0.717) is 5.70 Å². The fourth-order valence-corrected chi connectivity index (χ4v) is 1.38. The summed E-state index contributed by atoms with van der Waals surface area (Å²) in [6, 6.07) is 3.86. The highest BCUT2D eigenvalue weighted by Crippen LogP contribution is 2.15. The Bertz CT molecular complexity index is 365. The minimum atomic E-state index is 0.642. The van der Waals surface area contributed by atoms with Crippen LogP contribution in [-0.2, 0) is 0 Å². The van der Waals surface area contributed by atoms with E-state index in [2.05, 4.69) is 25.9 Å². The number of nitrogens with two attached hydrogens (primary N) is 1. The van der Waals surface area contributed by atoms with Crippen LogP contribution in [0.2, 0.25) is 0 Å².